The normalized spacial score (nSPS) is 18.3. The van der Waals surface area contributed by atoms with E-state index in [4.69, 9.17) is 10.4 Å². The maximum Gasteiger partial charge on any atom is 0.165 e. The lowest BCUT2D eigenvalue weighted by atomic mass is 9.65. The van der Waals surface area contributed by atoms with Crippen molar-refractivity contribution >= 4 is 0 Å². The lowest BCUT2D eigenvalue weighted by molar-refractivity contribution is 0.322. The molecule has 0 unspecified atom stereocenters. The minimum absolute atomic E-state index is 0.360. The highest BCUT2D eigenvalue weighted by molar-refractivity contribution is 5.39. The molecule has 0 spiro atoms. The monoisotopic (exact) mass is 191 g/mol. The predicted molar refractivity (Wildman–Crippen MR) is 49.2 cm³/mol. The van der Waals surface area contributed by atoms with Gasteiger partial charge in [-0.15, -0.1) is 0 Å². The molecular formula is C11H10FNO. The van der Waals surface area contributed by atoms with Crippen LogP contribution >= 0.6 is 0 Å². The van der Waals surface area contributed by atoms with Crippen molar-refractivity contribution in [2.45, 2.75) is 24.7 Å². The molecule has 0 bridgehead atoms. The van der Waals surface area contributed by atoms with Crippen LogP contribution in [-0.2, 0) is 5.41 Å². The Morgan fingerprint density at radius 2 is 2.14 bits per heavy atom. The Morgan fingerprint density at radius 1 is 1.43 bits per heavy atom. The molecule has 0 aliphatic heterocycles. The van der Waals surface area contributed by atoms with Crippen molar-refractivity contribution in [2.75, 3.05) is 0 Å². The van der Waals surface area contributed by atoms with Gasteiger partial charge < -0.3 is 5.11 Å². The topological polar surface area (TPSA) is 44.0 Å². The minimum Gasteiger partial charge on any atom is -0.505 e. The lowest BCUT2D eigenvalue weighted by Gasteiger charge is -2.35. The van der Waals surface area contributed by atoms with Crippen molar-refractivity contribution in [1.82, 2.24) is 0 Å². The van der Waals surface area contributed by atoms with Crippen molar-refractivity contribution in [3.63, 3.8) is 0 Å². The summed E-state index contributed by atoms with van der Waals surface area (Å²) in [4.78, 5) is 0. The summed E-state index contributed by atoms with van der Waals surface area (Å²) < 4.78 is 13.0. The molecule has 1 aromatic rings. The van der Waals surface area contributed by atoms with Crippen LogP contribution in [0.5, 0.6) is 5.75 Å². The molecule has 1 N–H and O–H groups in total. The van der Waals surface area contributed by atoms with E-state index in [1.54, 1.807) is 6.07 Å². The number of phenols is 1. The third-order valence-electron chi connectivity index (χ3n) is 2.92. The van der Waals surface area contributed by atoms with Gasteiger partial charge in [-0.2, -0.15) is 5.26 Å². The van der Waals surface area contributed by atoms with E-state index in [9.17, 15) is 4.39 Å². The predicted octanol–water partition coefficient (Wildman–Crippen LogP) is 2.48. The smallest absolute Gasteiger partial charge is 0.165 e. The number of nitrogens with zero attached hydrogens (tertiary/aromatic N) is 1. The van der Waals surface area contributed by atoms with Crippen LogP contribution in [0.3, 0.4) is 0 Å². The van der Waals surface area contributed by atoms with Crippen LogP contribution in [0.4, 0.5) is 4.39 Å². The molecule has 0 atom stereocenters. The SMILES string of the molecule is N#CC1(c2ccc(O)c(F)c2)CCC1. The van der Waals surface area contributed by atoms with Crippen molar-refractivity contribution in [3.05, 3.63) is 29.6 Å². The molecule has 0 heterocycles. The summed E-state index contributed by atoms with van der Waals surface area (Å²) in [7, 11) is 0. The quantitative estimate of drug-likeness (QED) is 0.741. The molecule has 14 heavy (non-hydrogen) atoms. The first-order valence-electron chi connectivity index (χ1n) is 4.58. The maximum atomic E-state index is 13.0. The van der Waals surface area contributed by atoms with Gasteiger partial charge in [-0.1, -0.05) is 6.07 Å². The van der Waals surface area contributed by atoms with Crippen LogP contribution in [0.2, 0.25) is 0 Å². The first-order chi connectivity index (χ1) is 6.68. The average molecular weight is 191 g/mol. The number of hydrogen-bond donors (Lipinski definition) is 1. The first-order valence-corrected chi connectivity index (χ1v) is 4.58. The van der Waals surface area contributed by atoms with E-state index in [-0.39, 0.29) is 5.75 Å². The van der Waals surface area contributed by atoms with Gasteiger partial charge in [-0.3, -0.25) is 0 Å². The first kappa shape index (κ1) is 9.01. The van der Waals surface area contributed by atoms with E-state index in [1.165, 1.54) is 12.1 Å². The summed E-state index contributed by atoms with van der Waals surface area (Å²) in [5, 5.41) is 18.0. The number of rotatable bonds is 1. The Labute approximate surface area is 81.6 Å². The molecule has 0 amide bonds. The van der Waals surface area contributed by atoms with E-state index in [2.05, 4.69) is 6.07 Å². The zero-order valence-electron chi connectivity index (χ0n) is 7.63. The highest BCUT2D eigenvalue weighted by Gasteiger charge is 2.39. The molecule has 3 heteroatoms. The van der Waals surface area contributed by atoms with Crippen LogP contribution < -0.4 is 0 Å². The zero-order valence-corrected chi connectivity index (χ0v) is 7.63. The van der Waals surface area contributed by atoms with Crippen LogP contribution in [0.1, 0.15) is 24.8 Å². The van der Waals surface area contributed by atoms with Gasteiger partial charge in [0.05, 0.1) is 11.5 Å². The summed E-state index contributed by atoms with van der Waals surface area (Å²) in [6.07, 6.45) is 2.58. The number of halogens is 1. The van der Waals surface area contributed by atoms with E-state index < -0.39 is 11.2 Å². The van der Waals surface area contributed by atoms with Gasteiger partial charge in [0.2, 0.25) is 0 Å². The number of aromatic hydroxyl groups is 1. The fraction of sp³-hybridized carbons (Fsp3) is 0.364. The van der Waals surface area contributed by atoms with Crippen molar-refractivity contribution in [3.8, 4) is 11.8 Å². The molecule has 1 aliphatic rings. The Morgan fingerprint density at radius 3 is 2.57 bits per heavy atom. The van der Waals surface area contributed by atoms with Crippen LogP contribution in [0.15, 0.2) is 18.2 Å². The molecular weight excluding hydrogens is 181 g/mol. The van der Waals surface area contributed by atoms with Gasteiger partial charge in [-0.05, 0) is 37.0 Å². The summed E-state index contributed by atoms with van der Waals surface area (Å²) in [5.41, 5.74) is 0.177. The zero-order chi connectivity index (χ0) is 10.2. The Bertz CT molecular complexity index is 404. The number of phenolic OH excluding ortho intramolecular Hbond substituents is 1. The summed E-state index contributed by atoms with van der Waals surface area (Å²) in [5.74, 6) is -1.01. The van der Waals surface area contributed by atoms with Crippen LogP contribution in [0, 0.1) is 17.1 Å². The largest absolute Gasteiger partial charge is 0.505 e. The van der Waals surface area contributed by atoms with Crippen molar-refractivity contribution < 1.29 is 9.50 Å². The molecule has 0 aromatic heterocycles. The highest BCUT2D eigenvalue weighted by atomic mass is 19.1. The molecule has 2 nitrogen and oxygen atoms in total. The molecule has 72 valence electrons. The third kappa shape index (κ3) is 1.15. The average Bonchev–Trinajstić information content (AvgIpc) is 2.10. The maximum absolute atomic E-state index is 13.0. The fourth-order valence-electron chi connectivity index (χ4n) is 1.80. The molecule has 1 saturated carbocycles. The van der Waals surface area contributed by atoms with Gasteiger partial charge in [0.1, 0.15) is 0 Å². The lowest BCUT2D eigenvalue weighted by Crippen LogP contribution is -2.32. The second kappa shape index (κ2) is 2.98. The van der Waals surface area contributed by atoms with Crippen molar-refractivity contribution in [2.24, 2.45) is 0 Å². The summed E-state index contributed by atoms with van der Waals surface area (Å²) in [6.45, 7) is 0. The highest BCUT2D eigenvalue weighted by Crippen LogP contribution is 2.43. The molecule has 0 saturated heterocycles. The van der Waals surface area contributed by atoms with Crippen LogP contribution in [-0.4, -0.2) is 5.11 Å². The second-order valence-corrected chi connectivity index (χ2v) is 3.71. The Balaban J connectivity index is 2.42. The van der Waals surface area contributed by atoms with E-state index >= 15 is 0 Å². The van der Waals surface area contributed by atoms with Crippen LogP contribution in [0.25, 0.3) is 0 Å². The van der Waals surface area contributed by atoms with E-state index in [0.29, 0.717) is 5.56 Å². The molecule has 1 aliphatic carbocycles. The molecule has 1 fully saturated rings. The van der Waals surface area contributed by atoms with Gasteiger partial charge in [0, 0.05) is 0 Å². The third-order valence-corrected chi connectivity index (χ3v) is 2.92. The number of hydrogen-bond acceptors (Lipinski definition) is 2. The molecule has 1 aromatic carbocycles. The number of benzene rings is 1. The summed E-state index contributed by atoms with van der Waals surface area (Å²) in [6, 6.07) is 6.42. The van der Waals surface area contributed by atoms with Gasteiger partial charge in [-0.25, -0.2) is 4.39 Å². The fourth-order valence-corrected chi connectivity index (χ4v) is 1.80. The van der Waals surface area contributed by atoms with E-state index in [0.717, 1.165) is 19.3 Å². The Hall–Kier alpha value is -1.56. The summed E-state index contributed by atoms with van der Waals surface area (Å²) >= 11 is 0. The van der Waals surface area contributed by atoms with Gasteiger partial charge in [0.25, 0.3) is 0 Å². The standard InChI is InChI=1S/C11H10FNO/c12-9-6-8(2-3-10(9)14)11(7-13)4-1-5-11/h2-3,6,14H,1,4-5H2. The van der Waals surface area contributed by atoms with Gasteiger partial charge >= 0.3 is 0 Å². The Kier molecular flexibility index (Phi) is 1.92. The molecule has 0 radical (unpaired) electrons. The second-order valence-electron chi connectivity index (χ2n) is 3.71. The van der Waals surface area contributed by atoms with Crippen molar-refractivity contribution in [1.29, 1.82) is 5.26 Å². The van der Waals surface area contributed by atoms with E-state index in [1.807, 2.05) is 0 Å². The number of nitriles is 1. The molecule has 2 rings (SSSR count). The van der Waals surface area contributed by atoms with Gasteiger partial charge in [0.15, 0.2) is 11.6 Å². The minimum atomic E-state index is -0.649.